The van der Waals surface area contributed by atoms with E-state index >= 15 is 0 Å². The van der Waals surface area contributed by atoms with Crippen molar-refractivity contribution in [2.45, 2.75) is 30.6 Å². The molecule has 1 aliphatic carbocycles. The quantitative estimate of drug-likeness (QED) is 0.641. The number of nitrogens with zero attached hydrogens (tertiary/aromatic N) is 1. The Morgan fingerprint density at radius 1 is 1.15 bits per heavy atom. The zero-order valence-electron chi connectivity index (χ0n) is 14.9. The van der Waals surface area contributed by atoms with Crippen molar-refractivity contribution in [1.29, 1.82) is 0 Å². The molecule has 0 radical (unpaired) electrons. The molecule has 1 spiro atoms. The van der Waals surface area contributed by atoms with Gasteiger partial charge in [-0.2, -0.15) is 0 Å². The third kappa shape index (κ3) is 2.01. The number of benzene rings is 1. The lowest BCUT2D eigenvalue weighted by Crippen LogP contribution is -2.57. The molecule has 0 aromatic heterocycles. The first kappa shape index (κ1) is 17.1. The second-order valence-corrected chi connectivity index (χ2v) is 6.81. The molecule has 1 saturated heterocycles. The highest BCUT2D eigenvalue weighted by molar-refractivity contribution is 6.44. The Hall–Kier alpha value is -2.38. The van der Waals surface area contributed by atoms with Gasteiger partial charge in [0.25, 0.3) is 11.7 Å². The SMILES string of the molecule is COc1cc2c(cc1OC)[C@]13C[C@@H](OC)[C@H](O)C=C1CCN3C(=O)C2=O. The molecule has 2 heterocycles. The molecule has 1 aromatic rings. The monoisotopic (exact) mass is 359 g/mol. The molecule has 0 saturated carbocycles. The molecular formula is C19H21NO6. The van der Waals surface area contributed by atoms with Crippen LogP contribution in [0.4, 0.5) is 0 Å². The number of methoxy groups -OCH3 is 3. The van der Waals surface area contributed by atoms with Crippen LogP contribution in [0.5, 0.6) is 11.5 Å². The van der Waals surface area contributed by atoms with Crippen LogP contribution < -0.4 is 9.47 Å². The van der Waals surface area contributed by atoms with Crippen molar-refractivity contribution in [1.82, 2.24) is 4.90 Å². The largest absolute Gasteiger partial charge is 0.493 e. The Kier molecular flexibility index (Phi) is 3.82. The van der Waals surface area contributed by atoms with E-state index in [1.165, 1.54) is 21.3 Å². The molecule has 1 aromatic carbocycles. The topological polar surface area (TPSA) is 85.3 Å². The Balaban J connectivity index is 2.01. The zero-order valence-corrected chi connectivity index (χ0v) is 14.9. The standard InChI is InChI=1S/C19H21NO6/c1-24-14-7-11-12(8-15(14)25-2)19-9-16(26-3)13(21)6-10(19)4-5-20(19)18(23)17(11)22/h6-8,13,16,21H,4-5,9H2,1-3H3/t13-,16-,19+/m1/s1. The highest BCUT2D eigenvalue weighted by Crippen LogP contribution is 2.54. The first-order valence-corrected chi connectivity index (χ1v) is 8.52. The number of aliphatic hydroxyl groups excluding tert-OH is 1. The van der Waals surface area contributed by atoms with E-state index in [1.54, 1.807) is 23.1 Å². The van der Waals surface area contributed by atoms with Gasteiger partial charge < -0.3 is 24.2 Å². The van der Waals surface area contributed by atoms with Gasteiger partial charge in [-0.05, 0) is 29.7 Å². The molecule has 1 fully saturated rings. The molecule has 2 aliphatic heterocycles. The molecule has 1 amide bonds. The molecule has 26 heavy (non-hydrogen) atoms. The number of carbonyl (C=O) groups is 2. The number of amides is 1. The van der Waals surface area contributed by atoms with Gasteiger partial charge in [0, 0.05) is 25.6 Å². The predicted molar refractivity (Wildman–Crippen MR) is 91.4 cm³/mol. The molecule has 0 bridgehead atoms. The summed E-state index contributed by atoms with van der Waals surface area (Å²) < 4.78 is 16.2. The average Bonchev–Trinajstić information content (AvgIpc) is 3.03. The van der Waals surface area contributed by atoms with Gasteiger partial charge in [-0.1, -0.05) is 6.08 Å². The molecule has 7 heteroatoms. The number of ether oxygens (including phenoxy) is 3. The van der Waals surface area contributed by atoms with Crippen LogP contribution in [-0.4, -0.2) is 61.8 Å². The van der Waals surface area contributed by atoms with Crippen molar-refractivity contribution in [3.8, 4) is 11.5 Å². The Morgan fingerprint density at radius 2 is 1.85 bits per heavy atom. The summed E-state index contributed by atoms with van der Waals surface area (Å²) in [6, 6.07) is 3.35. The second kappa shape index (κ2) is 5.82. The highest BCUT2D eigenvalue weighted by Gasteiger charge is 2.58. The zero-order chi connectivity index (χ0) is 18.6. The van der Waals surface area contributed by atoms with E-state index in [9.17, 15) is 14.7 Å². The first-order chi connectivity index (χ1) is 12.5. The number of fused-ring (bicyclic) bond motifs is 1. The van der Waals surface area contributed by atoms with E-state index in [-0.39, 0.29) is 0 Å². The number of aliphatic hydroxyl groups is 1. The Labute approximate surface area is 151 Å². The van der Waals surface area contributed by atoms with Crippen LogP contribution in [-0.2, 0) is 15.1 Å². The summed E-state index contributed by atoms with van der Waals surface area (Å²) in [7, 11) is 4.56. The van der Waals surface area contributed by atoms with Gasteiger partial charge in [-0.3, -0.25) is 9.59 Å². The van der Waals surface area contributed by atoms with E-state index < -0.39 is 29.4 Å². The average molecular weight is 359 g/mol. The lowest BCUT2D eigenvalue weighted by molar-refractivity contribution is -0.133. The molecule has 3 atom stereocenters. The fourth-order valence-electron chi connectivity index (χ4n) is 4.56. The Bertz CT molecular complexity index is 832. The molecule has 1 N–H and O–H groups in total. The van der Waals surface area contributed by atoms with Crippen molar-refractivity contribution < 1.29 is 28.9 Å². The lowest BCUT2D eigenvalue weighted by Gasteiger charge is -2.48. The summed E-state index contributed by atoms with van der Waals surface area (Å²) in [5.41, 5.74) is 1.17. The van der Waals surface area contributed by atoms with Crippen LogP contribution in [0.3, 0.4) is 0 Å². The molecule has 7 nitrogen and oxygen atoms in total. The van der Waals surface area contributed by atoms with Gasteiger partial charge in [0.2, 0.25) is 0 Å². The van der Waals surface area contributed by atoms with Gasteiger partial charge in [-0.25, -0.2) is 0 Å². The van der Waals surface area contributed by atoms with Crippen LogP contribution >= 0.6 is 0 Å². The minimum absolute atomic E-state index is 0.322. The van der Waals surface area contributed by atoms with Crippen molar-refractivity contribution in [3.63, 3.8) is 0 Å². The summed E-state index contributed by atoms with van der Waals surface area (Å²) in [5.74, 6) is -0.179. The van der Waals surface area contributed by atoms with Crippen molar-refractivity contribution in [3.05, 3.63) is 34.9 Å². The van der Waals surface area contributed by atoms with Gasteiger partial charge in [0.05, 0.1) is 32.0 Å². The summed E-state index contributed by atoms with van der Waals surface area (Å²) in [6.07, 6.45) is 1.55. The van der Waals surface area contributed by atoms with E-state index in [2.05, 4.69) is 0 Å². The number of rotatable bonds is 3. The minimum Gasteiger partial charge on any atom is -0.493 e. The molecule has 4 rings (SSSR count). The molecule has 0 unspecified atom stereocenters. The van der Waals surface area contributed by atoms with Crippen molar-refractivity contribution in [2.75, 3.05) is 27.9 Å². The number of Topliss-reactive ketones (excluding diaryl/α,β-unsaturated/α-hetero) is 1. The molecular weight excluding hydrogens is 338 g/mol. The van der Waals surface area contributed by atoms with Crippen LogP contribution in [0.25, 0.3) is 0 Å². The normalized spacial score (nSPS) is 29.7. The van der Waals surface area contributed by atoms with Crippen LogP contribution in [0.15, 0.2) is 23.8 Å². The van der Waals surface area contributed by atoms with Crippen LogP contribution in [0, 0.1) is 0 Å². The van der Waals surface area contributed by atoms with Crippen molar-refractivity contribution in [2.24, 2.45) is 0 Å². The summed E-state index contributed by atoms with van der Waals surface area (Å²) in [5, 5.41) is 10.3. The predicted octanol–water partition coefficient (Wildman–Crippen LogP) is 1.03. The van der Waals surface area contributed by atoms with E-state index in [1.807, 2.05) is 0 Å². The summed E-state index contributed by atoms with van der Waals surface area (Å²) in [4.78, 5) is 27.2. The van der Waals surface area contributed by atoms with Gasteiger partial charge >= 0.3 is 0 Å². The maximum absolute atomic E-state index is 12.8. The third-order valence-electron chi connectivity index (χ3n) is 5.80. The fraction of sp³-hybridized carbons (Fsp3) is 0.474. The number of hydrogen-bond donors (Lipinski definition) is 1. The third-order valence-corrected chi connectivity index (χ3v) is 5.80. The second-order valence-electron chi connectivity index (χ2n) is 6.81. The van der Waals surface area contributed by atoms with Gasteiger partial charge in [-0.15, -0.1) is 0 Å². The van der Waals surface area contributed by atoms with Gasteiger partial charge in [0.15, 0.2) is 11.5 Å². The number of ketones is 1. The number of carbonyl (C=O) groups excluding carboxylic acids is 2. The fourth-order valence-corrected chi connectivity index (χ4v) is 4.56. The Morgan fingerprint density at radius 3 is 2.50 bits per heavy atom. The lowest BCUT2D eigenvalue weighted by atomic mass is 9.70. The summed E-state index contributed by atoms with van der Waals surface area (Å²) >= 11 is 0. The van der Waals surface area contributed by atoms with E-state index in [0.717, 1.165) is 5.57 Å². The van der Waals surface area contributed by atoms with Crippen molar-refractivity contribution >= 4 is 11.7 Å². The van der Waals surface area contributed by atoms with Gasteiger partial charge in [0.1, 0.15) is 0 Å². The number of hydrogen-bond acceptors (Lipinski definition) is 6. The maximum Gasteiger partial charge on any atom is 0.295 e. The smallest absolute Gasteiger partial charge is 0.295 e. The van der Waals surface area contributed by atoms with E-state index in [0.29, 0.717) is 42.0 Å². The summed E-state index contributed by atoms with van der Waals surface area (Å²) in [6.45, 7) is 0.438. The van der Waals surface area contributed by atoms with Crippen LogP contribution in [0.2, 0.25) is 0 Å². The van der Waals surface area contributed by atoms with Crippen LogP contribution in [0.1, 0.15) is 28.8 Å². The minimum atomic E-state index is -0.792. The molecule has 3 aliphatic rings. The maximum atomic E-state index is 12.8. The molecule has 138 valence electrons. The highest BCUT2D eigenvalue weighted by atomic mass is 16.5. The first-order valence-electron chi connectivity index (χ1n) is 8.52. The van der Waals surface area contributed by atoms with E-state index in [4.69, 9.17) is 14.2 Å².